The van der Waals surface area contributed by atoms with E-state index in [1.54, 1.807) is 0 Å². The maximum Gasteiger partial charge on any atom is 0.0438 e. The third-order valence-corrected chi connectivity index (χ3v) is 6.19. The smallest absolute Gasteiger partial charge is 0.0438 e. The zero-order valence-electron chi connectivity index (χ0n) is 9.56. The van der Waals surface area contributed by atoms with Crippen molar-refractivity contribution in [1.29, 1.82) is 0 Å². The first-order valence-corrected chi connectivity index (χ1v) is 8.28. The molecule has 0 aromatic heterocycles. The molecule has 1 aliphatic rings. The van der Waals surface area contributed by atoms with Gasteiger partial charge in [0, 0.05) is 33.6 Å². The first kappa shape index (κ1) is 13.6. The third-order valence-electron chi connectivity index (χ3n) is 2.90. The van der Waals surface area contributed by atoms with Crippen LogP contribution in [0.15, 0.2) is 24.3 Å². The van der Waals surface area contributed by atoms with Crippen LogP contribution >= 0.6 is 35.1 Å². The van der Waals surface area contributed by atoms with Crippen molar-refractivity contribution < 1.29 is 0 Å². The highest BCUT2D eigenvalue weighted by Gasteiger charge is 2.24. The number of hydrogen-bond donors (Lipinski definition) is 2. The van der Waals surface area contributed by atoms with E-state index in [1.165, 1.54) is 22.8 Å². The number of nitrogens with two attached hydrogens (primary N) is 1. The van der Waals surface area contributed by atoms with Gasteiger partial charge in [0.05, 0.1) is 0 Å². The highest BCUT2D eigenvalue weighted by molar-refractivity contribution is 8.06. The maximum absolute atomic E-state index is 6.18. The summed E-state index contributed by atoms with van der Waals surface area (Å²) < 4.78 is 0. The van der Waals surface area contributed by atoms with Crippen LogP contribution in [0.2, 0.25) is 5.02 Å². The van der Waals surface area contributed by atoms with Gasteiger partial charge in [-0.1, -0.05) is 29.8 Å². The van der Waals surface area contributed by atoms with Crippen molar-refractivity contribution >= 4 is 35.1 Å². The molecule has 2 rings (SSSR count). The topological polar surface area (TPSA) is 38.0 Å². The minimum Gasteiger partial charge on any atom is -0.271 e. The van der Waals surface area contributed by atoms with Crippen LogP contribution < -0.4 is 11.3 Å². The zero-order chi connectivity index (χ0) is 12.1. The van der Waals surface area contributed by atoms with Gasteiger partial charge in [0.1, 0.15) is 0 Å². The van der Waals surface area contributed by atoms with Crippen molar-refractivity contribution in [1.82, 2.24) is 5.43 Å². The predicted octanol–water partition coefficient (Wildman–Crippen LogP) is 2.56. The van der Waals surface area contributed by atoms with Crippen molar-refractivity contribution in [3.8, 4) is 0 Å². The molecule has 1 aliphatic heterocycles. The number of halogens is 1. The lowest BCUT2D eigenvalue weighted by atomic mass is 10.0. The summed E-state index contributed by atoms with van der Waals surface area (Å²) in [5.74, 6) is 9.33. The molecule has 1 saturated heterocycles. The molecule has 0 spiro atoms. The molecule has 0 amide bonds. The summed E-state index contributed by atoms with van der Waals surface area (Å²) in [4.78, 5) is 0. The molecule has 0 radical (unpaired) electrons. The molecule has 17 heavy (non-hydrogen) atoms. The van der Waals surface area contributed by atoms with Crippen LogP contribution in [0.1, 0.15) is 5.56 Å². The first-order valence-electron chi connectivity index (χ1n) is 5.70. The Morgan fingerprint density at radius 2 is 2.24 bits per heavy atom. The van der Waals surface area contributed by atoms with Crippen LogP contribution in [0, 0.1) is 0 Å². The van der Waals surface area contributed by atoms with Gasteiger partial charge in [-0.25, -0.2) is 0 Å². The van der Waals surface area contributed by atoms with Gasteiger partial charge < -0.3 is 0 Å². The van der Waals surface area contributed by atoms with Gasteiger partial charge >= 0.3 is 0 Å². The van der Waals surface area contributed by atoms with Gasteiger partial charge in [-0.3, -0.25) is 11.3 Å². The van der Waals surface area contributed by atoms with Crippen LogP contribution in [-0.4, -0.2) is 28.6 Å². The van der Waals surface area contributed by atoms with E-state index in [-0.39, 0.29) is 0 Å². The fraction of sp³-hybridized carbons (Fsp3) is 0.500. The Labute approximate surface area is 116 Å². The molecule has 3 N–H and O–H groups in total. The van der Waals surface area contributed by atoms with E-state index in [0.717, 1.165) is 11.4 Å². The molecule has 2 nitrogen and oxygen atoms in total. The molecule has 2 atom stereocenters. The van der Waals surface area contributed by atoms with E-state index in [0.29, 0.717) is 11.3 Å². The Morgan fingerprint density at radius 3 is 2.88 bits per heavy atom. The van der Waals surface area contributed by atoms with Crippen LogP contribution in [0.25, 0.3) is 0 Å². The second kappa shape index (κ2) is 6.90. The third kappa shape index (κ3) is 3.80. The molecule has 1 heterocycles. The van der Waals surface area contributed by atoms with Crippen LogP contribution in [0.5, 0.6) is 0 Å². The van der Waals surface area contributed by atoms with Crippen LogP contribution in [0.3, 0.4) is 0 Å². The van der Waals surface area contributed by atoms with E-state index < -0.39 is 0 Å². The molecule has 1 aromatic rings. The molecular formula is C12H17ClN2S2. The molecule has 5 heteroatoms. The second-order valence-electron chi connectivity index (χ2n) is 4.05. The Kier molecular flexibility index (Phi) is 5.50. The van der Waals surface area contributed by atoms with Gasteiger partial charge in [-0.15, -0.1) is 0 Å². The molecule has 94 valence electrons. The summed E-state index contributed by atoms with van der Waals surface area (Å²) in [5, 5.41) is 1.41. The van der Waals surface area contributed by atoms with Crippen molar-refractivity contribution in [3.05, 3.63) is 34.9 Å². The molecule has 2 unspecified atom stereocenters. The van der Waals surface area contributed by atoms with Crippen molar-refractivity contribution in [2.24, 2.45) is 5.84 Å². The first-order chi connectivity index (χ1) is 8.31. The summed E-state index contributed by atoms with van der Waals surface area (Å²) in [6, 6.07) is 8.30. The Morgan fingerprint density at radius 1 is 1.41 bits per heavy atom. The van der Waals surface area contributed by atoms with Gasteiger partial charge in [0.2, 0.25) is 0 Å². The molecule has 1 aromatic carbocycles. The summed E-state index contributed by atoms with van der Waals surface area (Å²) >= 11 is 10.2. The average Bonchev–Trinajstić information content (AvgIpc) is 2.39. The second-order valence-corrected chi connectivity index (χ2v) is 6.96. The van der Waals surface area contributed by atoms with Gasteiger partial charge in [-0.2, -0.15) is 23.5 Å². The lowest BCUT2D eigenvalue weighted by Gasteiger charge is -2.29. The van der Waals surface area contributed by atoms with E-state index in [1.807, 2.05) is 41.7 Å². The van der Waals surface area contributed by atoms with Crippen molar-refractivity contribution in [2.45, 2.75) is 17.7 Å². The average molecular weight is 289 g/mol. The number of nitrogens with one attached hydrogen (secondary N) is 1. The van der Waals surface area contributed by atoms with Crippen molar-refractivity contribution in [3.63, 3.8) is 0 Å². The number of rotatable bonds is 4. The van der Waals surface area contributed by atoms with E-state index >= 15 is 0 Å². The highest BCUT2D eigenvalue weighted by Crippen LogP contribution is 2.28. The van der Waals surface area contributed by atoms with Crippen LogP contribution in [0.4, 0.5) is 0 Å². The molecular weight excluding hydrogens is 272 g/mol. The standard InChI is InChI=1S/C12H17ClN2S2/c13-10-4-2-1-3-9(10)7-11(15-14)12-8-16-5-6-17-12/h1-4,11-12,15H,5-8,14H2. The van der Waals surface area contributed by atoms with Gasteiger partial charge in [0.25, 0.3) is 0 Å². The Hall–Kier alpha value is 0.130. The molecule has 0 saturated carbocycles. The summed E-state index contributed by atoms with van der Waals surface area (Å²) in [6.07, 6.45) is 0.897. The van der Waals surface area contributed by atoms with E-state index in [9.17, 15) is 0 Å². The summed E-state index contributed by atoms with van der Waals surface area (Å²) in [7, 11) is 0. The number of thioether (sulfide) groups is 2. The van der Waals surface area contributed by atoms with E-state index in [2.05, 4.69) is 11.5 Å². The lowest BCUT2D eigenvalue weighted by Crippen LogP contribution is -2.46. The zero-order valence-corrected chi connectivity index (χ0v) is 12.0. The Balaban J connectivity index is 2.01. The molecule has 0 bridgehead atoms. The molecule has 0 aliphatic carbocycles. The largest absolute Gasteiger partial charge is 0.271 e. The summed E-state index contributed by atoms with van der Waals surface area (Å²) in [5.41, 5.74) is 4.13. The van der Waals surface area contributed by atoms with Crippen molar-refractivity contribution in [2.75, 3.05) is 17.3 Å². The SMILES string of the molecule is NNC(Cc1ccccc1Cl)C1CSCCS1. The number of hydrazine groups is 1. The Bertz CT molecular complexity index is 356. The fourth-order valence-corrected chi connectivity index (χ4v) is 5.02. The minimum atomic E-state index is 0.299. The van der Waals surface area contributed by atoms with Gasteiger partial charge in [-0.05, 0) is 18.1 Å². The number of benzene rings is 1. The maximum atomic E-state index is 6.18. The minimum absolute atomic E-state index is 0.299. The van der Waals surface area contributed by atoms with Crippen LogP contribution in [-0.2, 0) is 6.42 Å². The normalized spacial score (nSPS) is 22.4. The highest BCUT2D eigenvalue weighted by atomic mass is 35.5. The molecule has 1 fully saturated rings. The predicted molar refractivity (Wildman–Crippen MR) is 79.8 cm³/mol. The summed E-state index contributed by atoms with van der Waals surface area (Å²) in [6.45, 7) is 0. The van der Waals surface area contributed by atoms with Gasteiger partial charge in [0.15, 0.2) is 0 Å². The number of hydrogen-bond acceptors (Lipinski definition) is 4. The van der Waals surface area contributed by atoms with E-state index in [4.69, 9.17) is 17.4 Å². The quantitative estimate of drug-likeness (QED) is 0.660. The monoisotopic (exact) mass is 288 g/mol. The fourth-order valence-electron chi connectivity index (χ4n) is 1.94. The lowest BCUT2D eigenvalue weighted by molar-refractivity contribution is 0.523.